The van der Waals surface area contributed by atoms with Crippen LogP contribution in [0.5, 0.6) is 0 Å². The summed E-state index contributed by atoms with van der Waals surface area (Å²) in [6.07, 6.45) is 1.35. The van der Waals surface area contributed by atoms with Gasteiger partial charge in [-0.15, -0.1) is 11.6 Å². The molecule has 3 nitrogen and oxygen atoms in total. The van der Waals surface area contributed by atoms with Crippen molar-refractivity contribution in [3.63, 3.8) is 0 Å². The van der Waals surface area contributed by atoms with Crippen molar-refractivity contribution in [2.75, 3.05) is 18.0 Å². The topological polar surface area (TPSA) is 25.4 Å². The Hall–Kier alpha value is -0.870. The molecule has 0 amide bonds. The molecule has 1 saturated heterocycles. The van der Waals surface area contributed by atoms with Crippen LogP contribution in [0, 0.1) is 5.82 Å². The van der Waals surface area contributed by atoms with Crippen molar-refractivity contribution < 1.29 is 9.13 Å². The summed E-state index contributed by atoms with van der Waals surface area (Å²) in [5, 5.41) is 0. The molecule has 1 fully saturated rings. The van der Waals surface area contributed by atoms with E-state index < -0.39 is 0 Å². The Balaban J connectivity index is 2.30. The maximum absolute atomic E-state index is 13.2. The molecule has 0 saturated carbocycles. The lowest BCUT2D eigenvalue weighted by Gasteiger charge is -2.42. The number of pyridine rings is 1. The molecular weight excluding hydrogens is 255 g/mol. The van der Waals surface area contributed by atoms with Gasteiger partial charge in [-0.2, -0.15) is 0 Å². The summed E-state index contributed by atoms with van der Waals surface area (Å²) in [7, 11) is 0. The first-order valence-electron chi connectivity index (χ1n) is 6.04. The zero-order chi connectivity index (χ0) is 13.3. The molecule has 0 bridgehead atoms. The van der Waals surface area contributed by atoms with Gasteiger partial charge in [0, 0.05) is 18.7 Å². The van der Waals surface area contributed by atoms with Crippen LogP contribution in [0.3, 0.4) is 0 Å². The number of anilines is 1. The highest BCUT2D eigenvalue weighted by atomic mass is 35.5. The van der Waals surface area contributed by atoms with Crippen molar-refractivity contribution in [1.29, 1.82) is 0 Å². The van der Waals surface area contributed by atoms with Gasteiger partial charge < -0.3 is 9.64 Å². The zero-order valence-electron chi connectivity index (χ0n) is 10.9. The van der Waals surface area contributed by atoms with Crippen LogP contribution in [0.4, 0.5) is 10.2 Å². The third-order valence-electron chi connectivity index (χ3n) is 2.92. The molecule has 0 aromatic carbocycles. The lowest BCUT2D eigenvalue weighted by Crippen LogP contribution is -2.52. The monoisotopic (exact) mass is 272 g/mol. The predicted molar refractivity (Wildman–Crippen MR) is 70.6 cm³/mol. The highest BCUT2D eigenvalue weighted by molar-refractivity contribution is 6.17. The molecule has 100 valence electrons. The fourth-order valence-corrected chi connectivity index (χ4v) is 2.67. The maximum Gasteiger partial charge on any atom is 0.141 e. The number of halogens is 2. The third-order valence-corrected chi connectivity index (χ3v) is 3.21. The van der Waals surface area contributed by atoms with Crippen LogP contribution in [0.15, 0.2) is 12.3 Å². The molecule has 0 spiro atoms. The second-order valence-electron chi connectivity index (χ2n) is 5.34. The van der Waals surface area contributed by atoms with E-state index in [9.17, 15) is 4.39 Å². The van der Waals surface area contributed by atoms with Crippen molar-refractivity contribution in [3.8, 4) is 0 Å². The van der Waals surface area contributed by atoms with Crippen LogP contribution in [0.25, 0.3) is 0 Å². The summed E-state index contributed by atoms with van der Waals surface area (Å²) in [4.78, 5) is 6.30. The largest absolute Gasteiger partial charge is 0.369 e. The minimum Gasteiger partial charge on any atom is -0.369 e. The van der Waals surface area contributed by atoms with Gasteiger partial charge in [0.15, 0.2) is 0 Å². The van der Waals surface area contributed by atoms with Gasteiger partial charge in [-0.25, -0.2) is 9.37 Å². The minimum atomic E-state index is -0.352. The molecule has 1 unspecified atom stereocenters. The zero-order valence-corrected chi connectivity index (χ0v) is 11.7. The van der Waals surface area contributed by atoms with E-state index >= 15 is 0 Å². The van der Waals surface area contributed by atoms with Crippen molar-refractivity contribution in [2.24, 2.45) is 0 Å². The number of rotatable bonds is 2. The van der Waals surface area contributed by atoms with Crippen LogP contribution in [-0.2, 0) is 10.6 Å². The summed E-state index contributed by atoms with van der Waals surface area (Å²) < 4.78 is 19.0. The van der Waals surface area contributed by atoms with E-state index in [1.807, 2.05) is 20.8 Å². The average Bonchev–Trinajstić information content (AvgIpc) is 2.25. The van der Waals surface area contributed by atoms with Crippen molar-refractivity contribution in [2.45, 2.75) is 38.4 Å². The summed E-state index contributed by atoms with van der Waals surface area (Å²) in [5.41, 5.74) is 0.485. The Bertz CT molecular complexity index is 439. The molecule has 1 aromatic heterocycles. The highest BCUT2D eigenvalue weighted by Gasteiger charge is 2.32. The van der Waals surface area contributed by atoms with Gasteiger partial charge in [0.2, 0.25) is 0 Å². The van der Waals surface area contributed by atoms with Gasteiger partial charge in [-0.1, -0.05) is 0 Å². The maximum atomic E-state index is 13.2. The molecule has 1 aromatic rings. The Labute approximate surface area is 112 Å². The van der Waals surface area contributed by atoms with Crippen molar-refractivity contribution in [3.05, 3.63) is 23.6 Å². The number of ether oxygens (including phenoxy) is 1. The van der Waals surface area contributed by atoms with E-state index in [0.29, 0.717) is 0 Å². The van der Waals surface area contributed by atoms with Gasteiger partial charge in [0.05, 0.1) is 23.8 Å². The lowest BCUT2D eigenvalue weighted by atomic mass is 10.0. The Morgan fingerprint density at radius 2 is 2.33 bits per heavy atom. The van der Waals surface area contributed by atoms with Crippen molar-refractivity contribution in [1.82, 2.24) is 4.98 Å². The first-order chi connectivity index (χ1) is 8.41. The molecule has 0 radical (unpaired) electrons. The number of hydrogen-bond acceptors (Lipinski definition) is 3. The molecule has 1 atom stereocenters. The van der Waals surface area contributed by atoms with Gasteiger partial charge in [-0.3, -0.25) is 0 Å². The van der Waals surface area contributed by atoms with E-state index in [-0.39, 0.29) is 23.4 Å². The fraction of sp³-hybridized carbons (Fsp3) is 0.615. The fourth-order valence-electron chi connectivity index (χ4n) is 2.47. The van der Waals surface area contributed by atoms with Gasteiger partial charge in [0.1, 0.15) is 11.6 Å². The van der Waals surface area contributed by atoms with Crippen LogP contribution in [0.2, 0.25) is 0 Å². The van der Waals surface area contributed by atoms with E-state index in [4.69, 9.17) is 16.3 Å². The molecule has 0 aliphatic carbocycles. The molecular formula is C13H18ClFN2O. The second-order valence-corrected chi connectivity index (χ2v) is 5.61. The smallest absolute Gasteiger partial charge is 0.141 e. The Morgan fingerprint density at radius 3 is 2.94 bits per heavy atom. The summed E-state index contributed by atoms with van der Waals surface area (Å²) >= 11 is 5.87. The first kappa shape index (κ1) is 13.6. The normalized spacial score (nSPS) is 23.2. The van der Waals surface area contributed by atoms with Gasteiger partial charge >= 0.3 is 0 Å². The molecule has 2 heterocycles. The Kier molecular flexibility index (Phi) is 3.78. The van der Waals surface area contributed by atoms with E-state index in [2.05, 4.69) is 9.88 Å². The highest BCUT2D eigenvalue weighted by Crippen LogP contribution is 2.28. The molecule has 18 heavy (non-hydrogen) atoms. The second kappa shape index (κ2) is 5.02. The van der Waals surface area contributed by atoms with E-state index in [1.165, 1.54) is 12.3 Å². The van der Waals surface area contributed by atoms with Crippen LogP contribution in [0.1, 0.15) is 26.3 Å². The number of hydrogen-bond donors (Lipinski definition) is 0. The summed E-state index contributed by atoms with van der Waals surface area (Å²) in [6, 6.07) is 1.45. The number of nitrogens with zero attached hydrogens (tertiary/aromatic N) is 2. The molecule has 5 heteroatoms. The van der Waals surface area contributed by atoms with Gasteiger partial charge in [0.25, 0.3) is 0 Å². The molecule has 1 aliphatic rings. The van der Waals surface area contributed by atoms with Crippen LogP contribution >= 0.6 is 11.6 Å². The van der Waals surface area contributed by atoms with E-state index in [0.717, 1.165) is 24.5 Å². The van der Waals surface area contributed by atoms with Crippen LogP contribution in [-0.4, -0.2) is 29.8 Å². The van der Waals surface area contributed by atoms with Gasteiger partial charge in [-0.05, 0) is 26.8 Å². The predicted octanol–water partition coefficient (Wildman–Crippen LogP) is 2.96. The average molecular weight is 273 g/mol. The van der Waals surface area contributed by atoms with Crippen molar-refractivity contribution >= 4 is 17.4 Å². The Morgan fingerprint density at radius 1 is 1.61 bits per heavy atom. The first-order valence-corrected chi connectivity index (χ1v) is 6.58. The SMILES string of the molecule is CC1CN(c2ncc(F)cc2CCl)CC(C)(C)O1. The van der Waals surface area contributed by atoms with Crippen LogP contribution < -0.4 is 4.90 Å². The number of alkyl halides is 1. The minimum absolute atomic E-state index is 0.115. The quantitative estimate of drug-likeness (QED) is 0.774. The summed E-state index contributed by atoms with van der Waals surface area (Å²) in [6.45, 7) is 7.57. The molecule has 2 rings (SSSR count). The van der Waals surface area contributed by atoms with E-state index in [1.54, 1.807) is 0 Å². The molecule has 1 aliphatic heterocycles. The molecule has 0 N–H and O–H groups in total. The number of aromatic nitrogens is 1. The standard InChI is InChI=1S/C13H18ClFN2O/c1-9-7-17(8-13(2,3)18-9)12-10(5-14)4-11(15)6-16-12/h4,6,9H,5,7-8H2,1-3H3. The third kappa shape index (κ3) is 2.93. The summed E-state index contributed by atoms with van der Waals surface area (Å²) in [5.74, 6) is 0.663. The number of morpholine rings is 1. The lowest BCUT2D eigenvalue weighted by molar-refractivity contribution is -0.0752.